The molecule has 0 bridgehead atoms. The van der Waals surface area contributed by atoms with E-state index in [9.17, 15) is 9.59 Å². The van der Waals surface area contributed by atoms with Crippen LogP contribution in [0.1, 0.15) is 48.6 Å². The Morgan fingerprint density at radius 1 is 1.19 bits per heavy atom. The van der Waals surface area contributed by atoms with Crippen molar-refractivity contribution in [2.45, 2.75) is 56.7 Å². The van der Waals surface area contributed by atoms with Crippen molar-refractivity contribution in [2.75, 3.05) is 13.7 Å². The second-order valence-corrected chi connectivity index (χ2v) is 9.73. The first kappa shape index (κ1) is 21.1. The Hall–Kier alpha value is -2.80. The average molecular weight is 452 g/mol. The molecule has 0 unspecified atom stereocenters. The maximum atomic E-state index is 13.9. The van der Waals surface area contributed by atoms with Gasteiger partial charge in [-0.05, 0) is 36.8 Å². The highest BCUT2D eigenvalue weighted by Gasteiger charge is 2.46. The van der Waals surface area contributed by atoms with Crippen molar-refractivity contribution in [1.29, 1.82) is 0 Å². The van der Waals surface area contributed by atoms with E-state index in [0.717, 1.165) is 36.9 Å². The summed E-state index contributed by atoms with van der Waals surface area (Å²) in [7, 11) is 1.64. The Bertz CT molecular complexity index is 1030. The van der Waals surface area contributed by atoms with E-state index in [2.05, 4.69) is 16.7 Å². The number of thiophene rings is 1. The molecule has 7 heteroatoms. The molecule has 1 aliphatic carbocycles. The molecule has 1 saturated carbocycles. The van der Waals surface area contributed by atoms with Crippen LogP contribution in [-0.2, 0) is 16.0 Å². The number of ether oxygens (including phenoxy) is 1. The second kappa shape index (κ2) is 8.98. The van der Waals surface area contributed by atoms with Crippen LogP contribution in [0, 0.1) is 0 Å². The molecule has 1 fully saturated rings. The van der Waals surface area contributed by atoms with E-state index in [4.69, 9.17) is 4.74 Å². The minimum atomic E-state index is -0.458. The number of hydrogen-bond donors (Lipinski definition) is 2. The Balaban J connectivity index is 1.60. The molecule has 2 amide bonds. The molecule has 168 valence electrons. The molecule has 3 atom stereocenters. The molecule has 3 heterocycles. The molecule has 1 aromatic heterocycles. The molecule has 5 rings (SSSR count). The van der Waals surface area contributed by atoms with Gasteiger partial charge in [-0.3, -0.25) is 9.59 Å². The lowest BCUT2D eigenvalue weighted by molar-refractivity contribution is -0.137. The lowest BCUT2D eigenvalue weighted by Crippen LogP contribution is -2.53. The van der Waals surface area contributed by atoms with Crippen LogP contribution >= 0.6 is 11.3 Å². The zero-order valence-corrected chi connectivity index (χ0v) is 19.1. The molecule has 32 heavy (non-hydrogen) atoms. The van der Waals surface area contributed by atoms with E-state index in [1.807, 2.05) is 40.6 Å². The van der Waals surface area contributed by atoms with Crippen LogP contribution in [0.3, 0.4) is 0 Å². The number of nitrogens with zero attached hydrogens (tertiary/aromatic N) is 1. The lowest BCUT2D eigenvalue weighted by Gasteiger charge is -2.43. The molecule has 1 aromatic carbocycles. The Kier molecular flexibility index (Phi) is 5.91. The number of nitrogens with one attached hydrogen (secondary N) is 2. The summed E-state index contributed by atoms with van der Waals surface area (Å²) < 4.78 is 5.70. The number of benzene rings is 1. The number of methoxy groups -OCH3 is 1. The largest absolute Gasteiger partial charge is 0.496 e. The summed E-state index contributed by atoms with van der Waals surface area (Å²) in [5, 5.41) is 8.69. The molecule has 2 N–H and O–H groups in total. The predicted molar refractivity (Wildman–Crippen MR) is 124 cm³/mol. The number of fused-ring (bicyclic) bond motifs is 1. The third-order valence-electron chi connectivity index (χ3n) is 6.88. The highest BCUT2D eigenvalue weighted by molar-refractivity contribution is 7.09. The maximum Gasteiger partial charge on any atom is 0.251 e. The summed E-state index contributed by atoms with van der Waals surface area (Å²) in [6.07, 6.45) is 5.31. The summed E-state index contributed by atoms with van der Waals surface area (Å²) in [5.41, 5.74) is 2.46. The maximum absolute atomic E-state index is 13.9. The lowest BCUT2D eigenvalue weighted by atomic mass is 9.87. The van der Waals surface area contributed by atoms with Gasteiger partial charge in [0.2, 0.25) is 5.91 Å². The van der Waals surface area contributed by atoms with Gasteiger partial charge in [0.1, 0.15) is 5.75 Å². The summed E-state index contributed by atoms with van der Waals surface area (Å²) in [5.74, 6) is 0.703. The Morgan fingerprint density at radius 2 is 2.03 bits per heavy atom. The van der Waals surface area contributed by atoms with Gasteiger partial charge in [0.25, 0.3) is 5.91 Å². The van der Waals surface area contributed by atoms with E-state index >= 15 is 0 Å². The second-order valence-electron chi connectivity index (χ2n) is 8.70. The summed E-state index contributed by atoms with van der Waals surface area (Å²) >= 11 is 1.68. The molecule has 0 radical (unpaired) electrons. The van der Waals surface area contributed by atoms with Crippen molar-refractivity contribution in [1.82, 2.24) is 15.5 Å². The number of aryl methyl sites for hydroxylation is 1. The van der Waals surface area contributed by atoms with E-state index < -0.39 is 6.04 Å². The average Bonchev–Trinajstić information content (AvgIpc) is 3.43. The van der Waals surface area contributed by atoms with Crippen LogP contribution in [0.25, 0.3) is 0 Å². The van der Waals surface area contributed by atoms with E-state index in [1.165, 1.54) is 4.88 Å². The van der Waals surface area contributed by atoms with Gasteiger partial charge in [-0.25, -0.2) is 0 Å². The fourth-order valence-corrected chi connectivity index (χ4v) is 6.13. The SMILES string of the molecule is COc1ccccc1[C@@H]1C2=C(CNC2=O)N[C@@H]2CCCC[C@H]2N1C(=O)CCc1cccs1. The number of carbonyl (C=O) groups excluding carboxylic acids is 2. The number of carbonyl (C=O) groups is 2. The minimum Gasteiger partial charge on any atom is -0.496 e. The van der Waals surface area contributed by atoms with Gasteiger partial charge in [-0.1, -0.05) is 37.1 Å². The summed E-state index contributed by atoms with van der Waals surface area (Å²) in [4.78, 5) is 30.2. The third kappa shape index (κ3) is 3.79. The third-order valence-corrected chi connectivity index (χ3v) is 7.82. The first-order valence-corrected chi connectivity index (χ1v) is 12.3. The van der Waals surface area contributed by atoms with Crippen molar-refractivity contribution < 1.29 is 14.3 Å². The Labute approximate surface area is 192 Å². The van der Waals surface area contributed by atoms with Crippen LogP contribution in [0.5, 0.6) is 5.75 Å². The molecular formula is C25H29N3O3S. The van der Waals surface area contributed by atoms with Gasteiger partial charge in [0, 0.05) is 28.6 Å². The molecular weight excluding hydrogens is 422 g/mol. The highest BCUT2D eigenvalue weighted by atomic mass is 32.1. The number of rotatable bonds is 5. The highest BCUT2D eigenvalue weighted by Crippen LogP contribution is 2.43. The van der Waals surface area contributed by atoms with Crippen molar-refractivity contribution in [3.05, 3.63) is 63.5 Å². The van der Waals surface area contributed by atoms with Gasteiger partial charge in [0.15, 0.2) is 0 Å². The van der Waals surface area contributed by atoms with Crippen LogP contribution in [0.2, 0.25) is 0 Å². The first-order chi connectivity index (χ1) is 15.7. The van der Waals surface area contributed by atoms with E-state index in [-0.39, 0.29) is 23.9 Å². The van der Waals surface area contributed by atoms with Crippen molar-refractivity contribution in [2.24, 2.45) is 0 Å². The zero-order valence-electron chi connectivity index (χ0n) is 18.3. The van der Waals surface area contributed by atoms with Crippen LogP contribution in [-0.4, -0.2) is 42.5 Å². The number of hydrogen-bond acceptors (Lipinski definition) is 5. The summed E-state index contributed by atoms with van der Waals surface area (Å²) in [6, 6.07) is 11.6. The Morgan fingerprint density at radius 3 is 2.84 bits per heavy atom. The summed E-state index contributed by atoms with van der Waals surface area (Å²) in [6.45, 7) is 0.486. The van der Waals surface area contributed by atoms with Crippen molar-refractivity contribution >= 4 is 23.2 Å². The fraction of sp³-hybridized carbons (Fsp3) is 0.440. The van der Waals surface area contributed by atoms with Gasteiger partial charge in [-0.15, -0.1) is 11.3 Å². The fourth-order valence-electron chi connectivity index (χ4n) is 5.42. The van der Waals surface area contributed by atoms with E-state index in [1.54, 1.807) is 18.4 Å². The van der Waals surface area contributed by atoms with E-state index in [0.29, 0.717) is 30.7 Å². The van der Waals surface area contributed by atoms with Gasteiger partial charge >= 0.3 is 0 Å². The molecule has 2 aliphatic heterocycles. The smallest absolute Gasteiger partial charge is 0.251 e. The standard InChI is InChI=1S/C25H29N3O3S/c1-31-21-11-5-2-8-17(21)24-23-19(15-26-25(23)30)27-18-9-3-4-10-20(18)28(24)22(29)13-12-16-7-6-14-32-16/h2,5-8,11,14,18,20,24,27H,3-4,9-10,12-13,15H2,1H3,(H,26,30)/t18-,20-,24-/m1/s1. The monoisotopic (exact) mass is 451 g/mol. The topological polar surface area (TPSA) is 70.7 Å². The molecule has 0 saturated heterocycles. The van der Waals surface area contributed by atoms with Crippen LogP contribution < -0.4 is 15.4 Å². The predicted octanol–water partition coefficient (Wildman–Crippen LogP) is 3.56. The van der Waals surface area contributed by atoms with Gasteiger partial charge in [-0.2, -0.15) is 0 Å². The molecule has 6 nitrogen and oxygen atoms in total. The number of para-hydroxylation sites is 1. The van der Waals surface area contributed by atoms with Gasteiger partial charge in [0.05, 0.1) is 31.3 Å². The first-order valence-electron chi connectivity index (χ1n) is 11.4. The van der Waals surface area contributed by atoms with Crippen molar-refractivity contribution in [3.8, 4) is 5.75 Å². The van der Waals surface area contributed by atoms with Crippen molar-refractivity contribution in [3.63, 3.8) is 0 Å². The molecule has 2 aromatic rings. The minimum absolute atomic E-state index is 0.0490. The van der Waals surface area contributed by atoms with Crippen LogP contribution in [0.4, 0.5) is 0 Å². The van der Waals surface area contributed by atoms with Gasteiger partial charge < -0.3 is 20.3 Å². The van der Waals surface area contributed by atoms with Crippen LogP contribution in [0.15, 0.2) is 53.0 Å². The molecule has 0 spiro atoms. The zero-order chi connectivity index (χ0) is 22.1. The quantitative estimate of drug-likeness (QED) is 0.729. The molecule has 3 aliphatic rings. The normalized spacial score (nSPS) is 24.8. The number of amides is 2.